The normalized spacial score (nSPS) is 20.4. The molecule has 4 nitrogen and oxygen atoms in total. The number of anilines is 1. The minimum Gasteiger partial charge on any atom is -0.447 e. The first-order chi connectivity index (χ1) is 9.52. The van der Waals surface area contributed by atoms with Crippen molar-refractivity contribution in [2.24, 2.45) is 11.8 Å². The number of nitrogens with zero attached hydrogens (tertiary/aromatic N) is 2. The molecule has 1 fully saturated rings. The average molecular weight is 276 g/mol. The number of rotatable bonds is 5. The summed E-state index contributed by atoms with van der Waals surface area (Å²) in [5.41, 5.74) is 1.22. The first kappa shape index (κ1) is 14.8. The maximum atomic E-state index is 11.9. The largest absolute Gasteiger partial charge is 0.447 e. The van der Waals surface area contributed by atoms with E-state index in [4.69, 9.17) is 4.74 Å². The number of hydrogen-bond donors (Lipinski definition) is 0. The number of hydrogen-bond acceptors (Lipinski definition) is 3. The van der Waals surface area contributed by atoms with Crippen molar-refractivity contribution in [3.05, 3.63) is 23.9 Å². The molecule has 1 aliphatic rings. The van der Waals surface area contributed by atoms with Crippen molar-refractivity contribution in [1.82, 2.24) is 4.98 Å². The van der Waals surface area contributed by atoms with E-state index in [-0.39, 0.29) is 12.1 Å². The molecule has 1 aromatic heterocycles. The lowest BCUT2D eigenvalue weighted by Crippen LogP contribution is -2.37. The fourth-order valence-electron chi connectivity index (χ4n) is 2.42. The van der Waals surface area contributed by atoms with Crippen molar-refractivity contribution < 1.29 is 9.53 Å². The highest BCUT2D eigenvalue weighted by molar-refractivity contribution is 5.89. The number of cyclic esters (lactones) is 1. The number of carbonyl (C=O) groups excluding carboxylic acids is 1. The van der Waals surface area contributed by atoms with Crippen LogP contribution in [-0.2, 0) is 11.2 Å². The summed E-state index contributed by atoms with van der Waals surface area (Å²) >= 11 is 0. The Morgan fingerprint density at radius 2 is 2.15 bits per heavy atom. The topological polar surface area (TPSA) is 42.4 Å². The molecule has 0 saturated carbocycles. The first-order valence-corrected chi connectivity index (χ1v) is 7.43. The summed E-state index contributed by atoms with van der Waals surface area (Å²) in [6, 6.07) is 4.08. The molecule has 2 rings (SSSR count). The van der Waals surface area contributed by atoms with Gasteiger partial charge in [0.15, 0.2) is 0 Å². The Hall–Kier alpha value is -1.58. The van der Waals surface area contributed by atoms with Crippen LogP contribution in [0, 0.1) is 11.8 Å². The highest BCUT2D eigenvalue weighted by Crippen LogP contribution is 2.25. The Labute approximate surface area is 121 Å². The monoisotopic (exact) mass is 276 g/mol. The van der Waals surface area contributed by atoms with Crippen LogP contribution in [0.4, 0.5) is 10.6 Å². The lowest BCUT2D eigenvalue weighted by atomic mass is 10.00. The summed E-state index contributed by atoms with van der Waals surface area (Å²) in [6.45, 7) is 9.07. The lowest BCUT2D eigenvalue weighted by Gasteiger charge is -2.23. The molecule has 110 valence electrons. The van der Waals surface area contributed by atoms with E-state index in [0.29, 0.717) is 24.3 Å². The van der Waals surface area contributed by atoms with Gasteiger partial charge in [0.2, 0.25) is 0 Å². The van der Waals surface area contributed by atoms with Crippen LogP contribution in [0.5, 0.6) is 0 Å². The summed E-state index contributed by atoms with van der Waals surface area (Å²) in [7, 11) is 0. The zero-order valence-electron chi connectivity index (χ0n) is 12.8. The molecule has 1 amide bonds. The van der Waals surface area contributed by atoms with E-state index in [1.54, 1.807) is 4.90 Å². The van der Waals surface area contributed by atoms with E-state index in [0.717, 1.165) is 12.8 Å². The van der Waals surface area contributed by atoms with Gasteiger partial charge in [0, 0.05) is 6.20 Å². The standard InChI is InChI=1S/C16H24N2O2/c1-5-12(4)8-13-6-7-15(17-9-13)18-14(11(2)3)10-20-16(18)19/h6-7,9,11-12,14H,5,8,10H2,1-4H3/t12-,14+/m0/s1. The van der Waals surface area contributed by atoms with Gasteiger partial charge in [-0.25, -0.2) is 9.78 Å². The van der Waals surface area contributed by atoms with Gasteiger partial charge in [-0.05, 0) is 29.9 Å². The molecule has 0 bridgehead atoms. The molecule has 20 heavy (non-hydrogen) atoms. The van der Waals surface area contributed by atoms with E-state index in [1.807, 2.05) is 12.3 Å². The van der Waals surface area contributed by atoms with Crippen LogP contribution in [0.3, 0.4) is 0 Å². The molecule has 2 atom stereocenters. The number of amides is 1. The maximum absolute atomic E-state index is 11.9. The Kier molecular flexibility index (Phi) is 4.63. The molecule has 0 unspecified atom stereocenters. The predicted octanol–water partition coefficient (Wildman–Crippen LogP) is 3.65. The van der Waals surface area contributed by atoms with Gasteiger partial charge in [0.25, 0.3) is 0 Å². The fourth-order valence-corrected chi connectivity index (χ4v) is 2.42. The van der Waals surface area contributed by atoms with Crippen LogP contribution in [0.1, 0.15) is 39.7 Å². The van der Waals surface area contributed by atoms with Crippen molar-refractivity contribution in [1.29, 1.82) is 0 Å². The molecule has 1 aliphatic heterocycles. The van der Waals surface area contributed by atoms with Crippen LogP contribution < -0.4 is 4.90 Å². The number of aromatic nitrogens is 1. The molecule has 2 heterocycles. The molecular formula is C16H24N2O2. The number of ether oxygens (including phenoxy) is 1. The van der Waals surface area contributed by atoms with E-state index in [2.05, 4.69) is 38.7 Å². The Morgan fingerprint density at radius 3 is 2.70 bits per heavy atom. The van der Waals surface area contributed by atoms with Crippen molar-refractivity contribution >= 4 is 11.9 Å². The van der Waals surface area contributed by atoms with Gasteiger partial charge in [-0.15, -0.1) is 0 Å². The van der Waals surface area contributed by atoms with Crippen LogP contribution in [0.2, 0.25) is 0 Å². The molecule has 1 saturated heterocycles. The number of pyridine rings is 1. The highest BCUT2D eigenvalue weighted by Gasteiger charge is 2.36. The Morgan fingerprint density at radius 1 is 1.40 bits per heavy atom. The lowest BCUT2D eigenvalue weighted by molar-refractivity contribution is 0.177. The maximum Gasteiger partial charge on any atom is 0.415 e. The van der Waals surface area contributed by atoms with Crippen molar-refractivity contribution in [2.75, 3.05) is 11.5 Å². The molecule has 0 aliphatic carbocycles. The van der Waals surface area contributed by atoms with Gasteiger partial charge in [-0.3, -0.25) is 4.90 Å². The molecular weight excluding hydrogens is 252 g/mol. The summed E-state index contributed by atoms with van der Waals surface area (Å²) in [4.78, 5) is 18.0. The smallest absolute Gasteiger partial charge is 0.415 e. The number of carbonyl (C=O) groups is 1. The van der Waals surface area contributed by atoms with E-state index in [9.17, 15) is 4.79 Å². The first-order valence-electron chi connectivity index (χ1n) is 7.43. The quantitative estimate of drug-likeness (QED) is 0.824. The summed E-state index contributed by atoms with van der Waals surface area (Å²) < 4.78 is 5.15. The van der Waals surface area contributed by atoms with Crippen molar-refractivity contribution in [3.63, 3.8) is 0 Å². The summed E-state index contributed by atoms with van der Waals surface area (Å²) in [5.74, 6) is 1.70. The third-order valence-corrected chi connectivity index (χ3v) is 4.01. The van der Waals surface area contributed by atoms with Gasteiger partial charge in [-0.2, -0.15) is 0 Å². The SMILES string of the molecule is CC[C@H](C)Cc1ccc(N2C(=O)OC[C@@H]2C(C)C)nc1. The van der Waals surface area contributed by atoms with Crippen molar-refractivity contribution in [3.8, 4) is 0 Å². The second kappa shape index (κ2) is 6.25. The van der Waals surface area contributed by atoms with E-state index < -0.39 is 0 Å². The van der Waals surface area contributed by atoms with E-state index >= 15 is 0 Å². The van der Waals surface area contributed by atoms with Crippen LogP contribution >= 0.6 is 0 Å². The second-order valence-electron chi connectivity index (χ2n) is 6.00. The van der Waals surface area contributed by atoms with Crippen LogP contribution in [0.25, 0.3) is 0 Å². The van der Waals surface area contributed by atoms with Gasteiger partial charge >= 0.3 is 6.09 Å². The molecule has 0 spiro atoms. The van der Waals surface area contributed by atoms with Crippen LogP contribution in [-0.4, -0.2) is 23.7 Å². The third kappa shape index (κ3) is 3.11. The molecule has 1 aromatic rings. The second-order valence-corrected chi connectivity index (χ2v) is 6.00. The third-order valence-electron chi connectivity index (χ3n) is 4.01. The zero-order chi connectivity index (χ0) is 14.7. The Bertz CT molecular complexity index is 456. The summed E-state index contributed by atoms with van der Waals surface area (Å²) in [5, 5.41) is 0. The molecule has 0 radical (unpaired) electrons. The van der Waals surface area contributed by atoms with Gasteiger partial charge < -0.3 is 4.74 Å². The highest BCUT2D eigenvalue weighted by atomic mass is 16.6. The zero-order valence-corrected chi connectivity index (χ0v) is 12.8. The minimum atomic E-state index is -0.286. The van der Waals surface area contributed by atoms with Gasteiger partial charge in [0.1, 0.15) is 12.4 Å². The predicted molar refractivity (Wildman–Crippen MR) is 79.8 cm³/mol. The summed E-state index contributed by atoms with van der Waals surface area (Å²) in [6.07, 6.45) is 3.79. The van der Waals surface area contributed by atoms with Gasteiger partial charge in [-0.1, -0.05) is 40.2 Å². The van der Waals surface area contributed by atoms with Gasteiger partial charge in [0.05, 0.1) is 6.04 Å². The average Bonchev–Trinajstić information content (AvgIpc) is 2.81. The minimum absolute atomic E-state index is 0.0791. The van der Waals surface area contributed by atoms with Crippen molar-refractivity contribution in [2.45, 2.75) is 46.6 Å². The molecule has 4 heteroatoms. The fraction of sp³-hybridized carbons (Fsp3) is 0.625. The van der Waals surface area contributed by atoms with E-state index in [1.165, 1.54) is 5.56 Å². The Balaban J connectivity index is 2.14. The molecule has 0 aromatic carbocycles. The van der Waals surface area contributed by atoms with Crippen LogP contribution in [0.15, 0.2) is 18.3 Å². The molecule has 0 N–H and O–H groups in total.